The molecule has 0 aliphatic carbocycles. The Morgan fingerprint density at radius 2 is 2.40 bits per heavy atom. The van der Waals surface area contributed by atoms with Crippen LogP contribution in [-0.2, 0) is 6.42 Å². The van der Waals surface area contributed by atoms with Gasteiger partial charge in [-0.05, 0) is 31.8 Å². The molecule has 0 bridgehead atoms. The van der Waals surface area contributed by atoms with Crippen molar-refractivity contribution in [1.29, 1.82) is 0 Å². The second-order valence-corrected chi connectivity index (χ2v) is 4.13. The molecule has 1 aromatic rings. The monoisotopic (exact) mass is 210 g/mol. The van der Waals surface area contributed by atoms with E-state index in [1.54, 1.807) is 6.33 Å². The Morgan fingerprint density at radius 3 is 3.07 bits per heavy atom. The summed E-state index contributed by atoms with van der Waals surface area (Å²) < 4.78 is 0. The van der Waals surface area contributed by atoms with Gasteiger partial charge in [-0.25, -0.2) is 4.98 Å². The van der Waals surface area contributed by atoms with Gasteiger partial charge in [0.05, 0.1) is 0 Å². The van der Waals surface area contributed by atoms with Crippen LogP contribution in [0.25, 0.3) is 0 Å². The maximum atomic E-state index is 4.08. The van der Waals surface area contributed by atoms with Crippen molar-refractivity contribution < 1.29 is 0 Å². The summed E-state index contributed by atoms with van der Waals surface area (Å²) in [7, 11) is 0. The molecule has 1 atom stereocenters. The Morgan fingerprint density at radius 1 is 1.53 bits per heavy atom. The lowest BCUT2D eigenvalue weighted by Gasteiger charge is -2.10. The van der Waals surface area contributed by atoms with Crippen LogP contribution in [0.4, 0.5) is 0 Å². The van der Waals surface area contributed by atoms with Crippen molar-refractivity contribution in [2.45, 2.75) is 39.5 Å². The lowest BCUT2D eigenvalue weighted by atomic mass is 10.1. The van der Waals surface area contributed by atoms with Crippen molar-refractivity contribution in [3.05, 3.63) is 12.2 Å². The molecule has 15 heavy (non-hydrogen) atoms. The van der Waals surface area contributed by atoms with Gasteiger partial charge in [-0.3, -0.25) is 5.10 Å². The van der Waals surface area contributed by atoms with Crippen molar-refractivity contribution in [3.8, 4) is 0 Å². The lowest BCUT2D eigenvalue weighted by molar-refractivity contribution is 0.472. The van der Waals surface area contributed by atoms with Crippen LogP contribution in [0, 0.1) is 5.92 Å². The molecule has 0 fully saturated rings. The summed E-state index contributed by atoms with van der Waals surface area (Å²) in [6.45, 7) is 6.73. The van der Waals surface area contributed by atoms with E-state index < -0.39 is 0 Å². The molecule has 1 heterocycles. The smallest absolute Gasteiger partial charge is 0.137 e. The van der Waals surface area contributed by atoms with E-state index >= 15 is 0 Å². The quantitative estimate of drug-likeness (QED) is 0.643. The molecule has 0 aromatic carbocycles. The number of hydrogen-bond acceptors (Lipinski definition) is 3. The summed E-state index contributed by atoms with van der Waals surface area (Å²) in [6.07, 6.45) is 6.26. The number of aromatic nitrogens is 3. The summed E-state index contributed by atoms with van der Waals surface area (Å²) in [5.41, 5.74) is 0. The van der Waals surface area contributed by atoms with Gasteiger partial charge in [0.15, 0.2) is 0 Å². The number of rotatable bonds is 8. The summed E-state index contributed by atoms with van der Waals surface area (Å²) in [5.74, 6) is 1.78. The van der Waals surface area contributed by atoms with E-state index in [0.29, 0.717) is 0 Å². The van der Waals surface area contributed by atoms with Gasteiger partial charge in [0, 0.05) is 6.42 Å². The molecule has 0 saturated carbocycles. The topological polar surface area (TPSA) is 53.6 Å². The minimum atomic E-state index is 0.792. The second kappa shape index (κ2) is 7.40. The fourth-order valence-corrected chi connectivity index (χ4v) is 1.68. The predicted molar refractivity (Wildman–Crippen MR) is 61.6 cm³/mol. The highest BCUT2D eigenvalue weighted by Crippen LogP contribution is 2.02. The third-order valence-corrected chi connectivity index (χ3v) is 2.51. The van der Waals surface area contributed by atoms with E-state index in [4.69, 9.17) is 0 Å². The number of nitrogens with one attached hydrogen (secondary N) is 2. The molecule has 0 spiro atoms. The maximum Gasteiger partial charge on any atom is 0.137 e. The first-order valence-corrected chi connectivity index (χ1v) is 5.88. The van der Waals surface area contributed by atoms with Crippen LogP contribution in [0.5, 0.6) is 0 Å². The van der Waals surface area contributed by atoms with E-state index in [1.165, 1.54) is 12.8 Å². The zero-order valence-electron chi connectivity index (χ0n) is 9.79. The third-order valence-electron chi connectivity index (χ3n) is 2.51. The maximum absolute atomic E-state index is 4.08. The molecule has 1 unspecified atom stereocenters. The molecular formula is C11H22N4. The molecular weight excluding hydrogens is 188 g/mol. The first-order valence-electron chi connectivity index (χ1n) is 5.88. The molecule has 0 saturated heterocycles. The van der Waals surface area contributed by atoms with Gasteiger partial charge < -0.3 is 5.32 Å². The Hall–Kier alpha value is -0.900. The SMILES string of the molecule is CCCC(C)CNCCCc1ncn[nH]1. The fraction of sp³-hybridized carbons (Fsp3) is 0.818. The molecule has 4 heteroatoms. The van der Waals surface area contributed by atoms with Gasteiger partial charge in [0.25, 0.3) is 0 Å². The molecule has 0 radical (unpaired) electrons. The number of nitrogens with zero attached hydrogens (tertiary/aromatic N) is 2. The van der Waals surface area contributed by atoms with Gasteiger partial charge in [0.2, 0.25) is 0 Å². The number of aromatic amines is 1. The zero-order chi connectivity index (χ0) is 10.9. The zero-order valence-corrected chi connectivity index (χ0v) is 9.79. The Labute approximate surface area is 91.9 Å². The molecule has 0 aliphatic heterocycles. The van der Waals surface area contributed by atoms with E-state index in [1.807, 2.05) is 0 Å². The van der Waals surface area contributed by atoms with Crippen molar-refractivity contribution in [3.63, 3.8) is 0 Å². The van der Waals surface area contributed by atoms with Crippen molar-refractivity contribution >= 4 is 0 Å². The van der Waals surface area contributed by atoms with Crippen LogP contribution in [0.15, 0.2) is 6.33 Å². The highest BCUT2D eigenvalue weighted by atomic mass is 15.2. The third kappa shape index (κ3) is 5.52. The molecule has 1 rings (SSSR count). The standard InChI is InChI=1S/C11H22N4/c1-3-5-10(2)8-12-7-4-6-11-13-9-14-15-11/h9-10,12H,3-8H2,1-2H3,(H,13,14,15). The summed E-state index contributed by atoms with van der Waals surface area (Å²) >= 11 is 0. The van der Waals surface area contributed by atoms with Gasteiger partial charge in [-0.1, -0.05) is 20.3 Å². The minimum Gasteiger partial charge on any atom is -0.316 e. The predicted octanol–water partition coefficient (Wildman–Crippen LogP) is 1.76. The van der Waals surface area contributed by atoms with Crippen LogP contribution in [0.2, 0.25) is 0 Å². The second-order valence-electron chi connectivity index (χ2n) is 4.13. The molecule has 0 amide bonds. The van der Waals surface area contributed by atoms with Crippen molar-refractivity contribution in [2.75, 3.05) is 13.1 Å². The summed E-state index contributed by atoms with van der Waals surface area (Å²) in [6, 6.07) is 0. The number of hydrogen-bond donors (Lipinski definition) is 2. The van der Waals surface area contributed by atoms with Crippen molar-refractivity contribution in [1.82, 2.24) is 20.5 Å². The Bertz CT molecular complexity index is 233. The van der Waals surface area contributed by atoms with Gasteiger partial charge in [-0.15, -0.1) is 0 Å². The van der Waals surface area contributed by atoms with Crippen LogP contribution in [0.3, 0.4) is 0 Å². The van der Waals surface area contributed by atoms with Crippen LogP contribution >= 0.6 is 0 Å². The highest BCUT2D eigenvalue weighted by molar-refractivity contribution is 4.79. The first kappa shape index (κ1) is 12.2. The Balaban J connectivity index is 1.93. The van der Waals surface area contributed by atoms with E-state index in [-0.39, 0.29) is 0 Å². The van der Waals surface area contributed by atoms with Gasteiger partial charge in [-0.2, -0.15) is 5.10 Å². The molecule has 1 aromatic heterocycles. The summed E-state index contributed by atoms with van der Waals surface area (Å²) in [4.78, 5) is 4.08. The molecule has 4 nitrogen and oxygen atoms in total. The first-order chi connectivity index (χ1) is 7.33. The Kier molecular flexibility index (Phi) is 6.00. The van der Waals surface area contributed by atoms with E-state index in [9.17, 15) is 0 Å². The lowest BCUT2D eigenvalue weighted by Crippen LogP contribution is -2.22. The van der Waals surface area contributed by atoms with Crippen LogP contribution in [0.1, 0.15) is 38.9 Å². The van der Waals surface area contributed by atoms with Gasteiger partial charge in [0.1, 0.15) is 12.2 Å². The molecule has 86 valence electrons. The fourth-order valence-electron chi connectivity index (χ4n) is 1.68. The van der Waals surface area contributed by atoms with Crippen LogP contribution < -0.4 is 5.32 Å². The summed E-state index contributed by atoms with van der Waals surface area (Å²) in [5, 5.41) is 10.2. The van der Waals surface area contributed by atoms with Gasteiger partial charge >= 0.3 is 0 Å². The minimum absolute atomic E-state index is 0.792. The average Bonchev–Trinajstić information content (AvgIpc) is 2.70. The van der Waals surface area contributed by atoms with Crippen LogP contribution in [-0.4, -0.2) is 28.3 Å². The molecule has 2 N–H and O–H groups in total. The normalized spacial score (nSPS) is 12.9. The number of aryl methyl sites for hydroxylation is 1. The molecule has 0 aliphatic rings. The van der Waals surface area contributed by atoms with Crippen molar-refractivity contribution in [2.24, 2.45) is 5.92 Å². The average molecular weight is 210 g/mol. The van der Waals surface area contributed by atoms with E-state index in [0.717, 1.165) is 37.7 Å². The largest absolute Gasteiger partial charge is 0.316 e. The number of H-pyrrole nitrogens is 1. The highest BCUT2D eigenvalue weighted by Gasteiger charge is 1.99. The van der Waals surface area contributed by atoms with E-state index in [2.05, 4.69) is 34.3 Å².